The fraction of sp³-hybridized carbons (Fsp3) is 0.208. The maximum Gasteiger partial charge on any atom is 0.318 e. The van der Waals surface area contributed by atoms with Crippen LogP contribution in [0.15, 0.2) is 77.7 Å². The average molecular weight is 525 g/mol. The zero-order valence-corrected chi connectivity index (χ0v) is 20.4. The van der Waals surface area contributed by atoms with Gasteiger partial charge in [0, 0.05) is 15.4 Å². The minimum absolute atomic E-state index is 0.0291. The molecule has 1 N–H and O–H groups in total. The summed E-state index contributed by atoms with van der Waals surface area (Å²) in [5, 5.41) is 10.3. The summed E-state index contributed by atoms with van der Waals surface area (Å²) in [5.74, 6) is -1.25. The lowest BCUT2D eigenvalue weighted by molar-refractivity contribution is -0.139. The van der Waals surface area contributed by atoms with Gasteiger partial charge in [0.2, 0.25) is 10.0 Å². The van der Waals surface area contributed by atoms with Gasteiger partial charge < -0.3 is 5.11 Å². The molecule has 3 aromatic rings. The molecule has 0 unspecified atom stereocenters. The van der Waals surface area contributed by atoms with Crippen LogP contribution >= 0.6 is 34.8 Å². The van der Waals surface area contributed by atoms with E-state index in [-0.39, 0.29) is 23.1 Å². The number of hydrogen-bond donors (Lipinski definition) is 1. The number of sulfonamides is 1. The quantitative estimate of drug-likeness (QED) is 0.383. The molecule has 1 saturated carbocycles. The van der Waals surface area contributed by atoms with Crippen molar-refractivity contribution in [3.8, 4) is 11.1 Å². The average Bonchev–Trinajstić information content (AvgIpc) is 2.75. The van der Waals surface area contributed by atoms with Crippen LogP contribution in [-0.4, -0.2) is 35.7 Å². The van der Waals surface area contributed by atoms with E-state index in [1.54, 1.807) is 48.5 Å². The molecule has 3 aromatic carbocycles. The second-order valence-corrected chi connectivity index (χ2v) is 11.3. The van der Waals surface area contributed by atoms with E-state index >= 15 is 0 Å². The molecule has 0 radical (unpaired) electrons. The monoisotopic (exact) mass is 523 g/mol. The van der Waals surface area contributed by atoms with Gasteiger partial charge in [-0.3, -0.25) is 4.79 Å². The molecule has 9 heteroatoms. The summed E-state index contributed by atoms with van der Waals surface area (Å²) in [4.78, 5) is 11.8. The Morgan fingerprint density at radius 2 is 1.58 bits per heavy atom. The molecule has 0 heterocycles. The van der Waals surface area contributed by atoms with Gasteiger partial charge in [-0.15, -0.1) is 11.6 Å². The van der Waals surface area contributed by atoms with Crippen LogP contribution in [0.1, 0.15) is 18.4 Å². The highest BCUT2D eigenvalue weighted by Gasteiger charge is 2.54. The predicted octanol–water partition coefficient (Wildman–Crippen LogP) is 6.03. The molecule has 1 aliphatic rings. The maximum atomic E-state index is 13.6. The SMILES string of the molecule is O=C(O)CN(C1(c2cccc(-c3cc(Cl)cc(Cl)c3)c2)CC(Cl)C1)S(=O)(=O)c1ccccc1. The molecule has 0 aliphatic heterocycles. The summed E-state index contributed by atoms with van der Waals surface area (Å²) >= 11 is 18.7. The molecule has 172 valence electrons. The van der Waals surface area contributed by atoms with Gasteiger partial charge >= 0.3 is 5.97 Å². The lowest BCUT2D eigenvalue weighted by Crippen LogP contribution is -2.58. The van der Waals surface area contributed by atoms with Gasteiger partial charge in [0.1, 0.15) is 6.54 Å². The molecule has 5 nitrogen and oxygen atoms in total. The van der Waals surface area contributed by atoms with Crippen LogP contribution in [0.5, 0.6) is 0 Å². The Morgan fingerprint density at radius 3 is 2.15 bits per heavy atom. The van der Waals surface area contributed by atoms with Gasteiger partial charge in [-0.05, 0) is 65.9 Å². The van der Waals surface area contributed by atoms with E-state index in [4.69, 9.17) is 34.8 Å². The topological polar surface area (TPSA) is 74.7 Å². The number of carboxylic acid groups (broad SMARTS) is 1. The molecule has 0 spiro atoms. The van der Waals surface area contributed by atoms with Gasteiger partial charge in [-0.1, -0.05) is 59.6 Å². The minimum atomic E-state index is -4.13. The number of carbonyl (C=O) groups is 1. The summed E-state index contributed by atoms with van der Waals surface area (Å²) in [6, 6.07) is 20.3. The summed E-state index contributed by atoms with van der Waals surface area (Å²) in [5.41, 5.74) is 1.11. The Balaban J connectivity index is 1.86. The standard InChI is InChI=1S/C24H20Cl3NO4S/c25-19-10-17(11-20(26)12-19)16-5-4-6-18(9-16)24(13-21(27)14-24)28(15-23(29)30)33(31,32)22-7-2-1-3-8-22/h1-12,21H,13-15H2,(H,29,30). The second-order valence-electron chi connectivity index (χ2n) is 7.99. The second kappa shape index (κ2) is 9.28. The third-order valence-electron chi connectivity index (χ3n) is 5.80. The molecule has 0 bridgehead atoms. The van der Waals surface area contributed by atoms with Crippen LogP contribution in [-0.2, 0) is 20.4 Å². The zero-order chi connectivity index (χ0) is 23.8. The molecule has 0 atom stereocenters. The Kier molecular flexibility index (Phi) is 6.76. The molecule has 4 rings (SSSR count). The highest BCUT2D eigenvalue weighted by Crippen LogP contribution is 2.51. The van der Waals surface area contributed by atoms with Crippen molar-refractivity contribution in [1.29, 1.82) is 0 Å². The van der Waals surface area contributed by atoms with Crippen LogP contribution in [0.4, 0.5) is 0 Å². The third kappa shape index (κ3) is 4.77. The summed E-state index contributed by atoms with van der Waals surface area (Å²) in [6.45, 7) is -0.686. The van der Waals surface area contributed by atoms with Crippen molar-refractivity contribution in [2.24, 2.45) is 0 Å². The number of hydrogen-bond acceptors (Lipinski definition) is 3. The van der Waals surface area contributed by atoms with Crippen LogP contribution in [0.3, 0.4) is 0 Å². The van der Waals surface area contributed by atoms with Gasteiger partial charge in [0.05, 0.1) is 10.4 Å². The summed E-state index contributed by atoms with van der Waals surface area (Å²) in [7, 11) is -4.13. The van der Waals surface area contributed by atoms with E-state index in [1.165, 1.54) is 12.1 Å². The van der Waals surface area contributed by atoms with Gasteiger partial charge in [0.15, 0.2) is 0 Å². The molecule has 0 amide bonds. The van der Waals surface area contributed by atoms with Crippen LogP contribution in [0.2, 0.25) is 10.0 Å². The van der Waals surface area contributed by atoms with Crippen LogP contribution in [0.25, 0.3) is 11.1 Å². The van der Waals surface area contributed by atoms with Crippen molar-refractivity contribution in [2.45, 2.75) is 28.7 Å². The summed E-state index contributed by atoms with van der Waals surface area (Å²) in [6.07, 6.45) is 0.571. The first-order valence-corrected chi connectivity index (χ1v) is 12.8. The lowest BCUT2D eigenvalue weighted by atomic mass is 9.70. The maximum absolute atomic E-state index is 13.6. The number of benzene rings is 3. The first-order chi connectivity index (χ1) is 15.6. The number of nitrogens with zero attached hydrogens (tertiary/aromatic N) is 1. The van der Waals surface area contributed by atoms with Crippen molar-refractivity contribution in [3.05, 3.63) is 88.4 Å². The lowest BCUT2D eigenvalue weighted by Gasteiger charge is -2.51. The smallest absolute Gasteiger partial charge is 0.318 e. The number of carboxylic acids is 1. The van der Waals surface area contributed by atoms with Crippen molar-refractivity contribution >= 4 is 50.8 Å². The van der Waals surface area contributed by atoms with E-state index in [1.807, 2.05) is 12.1 Å². The molecular formula is C24H20Cl3NO4S. The van der Waals surface area contributed by atoms with Crippen molar-refractivity contribution in [2.75, 3.05) is 6.54 Å². The predicted molar refractivity (Wildman–Crippen MR) is 130 cm³/mol. The first-order valence-electron chi connectivity index (χ1n) is 10.1. The fourth-order valence-corrected chi connectivity index (χ4v) is 7.06. The van der Waals surface area contributed by atoms with E-state index < -0.39 is 28.1 Å². The van der Waals surface area contributed by atoms with Crippen molar-refractivity contribution < 1.29 is 18.3 Å². The van der Waals surface area contributed by atoms with Gasteiger partial charge in [-0.2, -0.15) is 4.31 Å². The van der Waals surface area contributed by atoms with E-state index in [0.29, 0.717) is 15.6 Å². The zero-order valence-electron chi connectivity index (χ0n) is 17.3. The molecule has 33 heavy (non-hydrogen) atoms. The summed E-state index contributed by atoms with van der Waals surface area (Å²) < 4.78 is 28.3. The van der Waals surface area contributed by atoms with Crippen LogP contribution < -0.4 is 0 Å². The number of halogens is 3. The number of aliphatic carboxylic acids is 1. The largest absolute Gasteiger partial charge is 0.480 e. The van der Waals surface area contributed by atoms with Crippen molar-refractivity contribution in [3.63, 3.8) is 0 Å². The van der Waals surface area contributed by atoms with E-state index in [2.05, 4.69) is 0 Å². The van der Waals surface area contributed by atoms with Gasteiger partial charge in [-0.25, -0.2) is 8.42 Å². The highest BCUT2D eigenvalue weighted by molar-refractivity contribution is 7.89. The Labute approximate surface area is 207 Å². The van der Waals surface area contributed by atoms with Crippen molar-refractivity contribution in [1.82, 2.24) is 4.31 Å². The number of alkyl halides is 1. The Morgan fingerprint density at radius 1 is 0.939 bits per heavy atom. The molecular weight excluding hydrogens is 505 g/mol. The third-order valence-corrected chi connectivity index (χ3v) is 8.47. The minimum Gasteiger partial charge on any atom is -0.480 e. The molecule has 0 aromatic heterocycles. The molecule has 1 fully saturated rings. The van der Waals surface area contributed by atoms with Crippen LogP contribution in [0, 0.1) is 0 Å². The fourth-order valence-electron chi connectivity index (χ4n) is 4.27. The normalized spacial score (nSPS) is 20.4. The molecule has 1 aliphatic carbocycles. The molecule has 0 saturated heterocycles. The van der Waals surface area contributed by atoms with E-state index in [0.717, 1.165) is 15.4 Å². The highest BCUT2D eigenvalue weighted by atomic mass is 35.5. The Hall–Kier alpha value is -2.09. The Bertz CT molecular complexity index is 1270. The van der Waals surface area contributed by atoms with E-state index in [9.17, 15) is 18.3 Å². The first kappa shape index (κ1) is 24.0. The number of rotatable bonds is 7. The van der Waals surface area contributed by atoms with Gasteiger partial charge in [0.25, 0.3) is 0 Å².